The average molecular weight is 328 g/mol. The number of ether oxygens (including phenoxy) is 1. The Morgan fingerprint density at radius 3 is 2.75 bits per heavy atom. The van der Waals surface area contributed by atoms with Gasteiger partial charge in [0.15, 0.2) is 0 Å². The summed E-state index contributed by atoms with van der Waals surface area (Å²) in [7, 11) is 1.76. The lowest BCUT2D eigenvalue weighted by atomic mass is 9.51. The molecule has 0 spiro atoms. The topological polar surface area (TPSA) is 29.5 Å². The van der Waals surface area contributed by atoms with Gasteiger partial charge in [0, 0.05) is 0 Å². The monoisotopic (exact) mass is 328 g/mol. The van der Waals surface area contributed by atoms with Crippen LogP contribution in [0.5, 0.6) is 5.75 Å². The van der Waals surface area contributed by atoms with E-state index in [-0.39, 0.29) is 6.10 Å². The van der Waals surface area contributed by atoms with Crippen molar-refractivity contribution in [1.29, 1.82) is 0 Å². The molecule has 0 saturated heterocycles. The van der Waals surface area contributed by atoms with Gasteiger partial charge < -0.3 is 9.84 Å². The summed E-state index contributed by atoms with van der Waals surface area (Å²) in [5, 5.41) is 10.3. The van der Waals surface area contributed by atoms with Gasteiger partial charge in [-0.25, -0.2) is 0 Å². The predicted molar refractivity (Wildman–Crippen MR) is 97.3 cm³/mol. The van der Waals surface area contributed by atoms with Crippen molar-refractivity contribution in [2.45, 2.75) is 64.9 Å². The molecule has 4 rings (SSSR count). The van der Waals surface area contributed by atoms with Crippen LogP contribution in [0.1, 0.15) is 63.5 Å². The lowest BCUT2D eigenvalue weighted by Gasteiger charge is -2.53. The second-order valence-electron chi connectivity index (χ2n) is 9.01. The number of fused-ring (bicyclic) bond motifs is 5. The lowest BCUT2D eigenvalue weighted by molar-refractivity contribution is -0.0310. The summed E-state index contributed by atoms with van der Waals surface area (Å²) in [5.74, 6) is 4.49. The third-order valence-corrected chi connectivity index (χ3v) is 7.94. The maximum Gasteiger partial charge on any atom is 0.119 e. The van der Waals surface area contributed by atoms with Crippen LogP contribution in [0.4, 0.5) is 0 Å². The molecular formula is C22H32O2. The molecule has 2 heteroatoms. The van der Waals surface area contributed by atoms with Crippen molar-refractivity contribution in [3.05, 3.63) is 29.3 Å². The molecule has 0 unspecified atom stereocenters. The van der Waals surface area contributed by atoms with Crippen molar-refractivity contribution >= 4 is 0 Å². The van der Waals surface area contributed by atoms with Gasteiger partial charge in [0.1, 0.15) is 5.75 Å². The molecule has 2 fully saturated rings. The van der Waals surface area contributed by atoms with E-state index < -0.39 is 0 Å². The second-order valence-corrected chi connectivity index (χ2v) is 9.01. The first-order valence-corrected chi connectivity index (χ1v) is 9.80. The van der Waals surface area contributed by atoms with Crippen molar-refractivity contribution < 1.29 is 9.84 Å². The van der Waals surface area contributed by atoms with Gasteiger partial charge in [-0.15, -0.1) is 0 Å². The van der Waals surface area contributed by atoms with E-state index in [1.165, 1.54) is 37.7 Å². The normalized spacial score (nSPS) is 42.0. The number of aliphatic hydroxyl groups excluding tert-OH is 1. The first kappa shape index (κ1) is 16.4. The summed E-state index contributed by atoms with van der Waals surface area (Å²) >= 11 is 0. The molecule has 0 radical (unpaired) electrons. The molecule has 1 N–H and O–H groups in total. The van der Waals surface area contributed by atoms with Crippen LogP contribution < -0.4 is 4.74 Å². The Kier molecular flexibility index (Phi) is 3.95. The Hall–Kier alpha value is -1.02. The predicted octanol–water partition coefficient (Wildman–Crippen LogP) is 4.79. The molecule has 2 saturated carbocycles. The molecule has 7 atom stereocenters. The summed E-state index contributed by atoms with van der Waals surface area (Å²) in [4.78, 5) is 0. The standard InChI is InChI=1S/C22H32O2/c1-13-11-15-12-16(24-4)5-6-17(15)18-9-10-22(3)19(14(2)23)7-8-20(22)21(13)18/h5-6,12-14,18-21,23H,7-11H2,1-4H3/t13-,14+,18-,19+,20-,21-,22-/m1/s1. The minimum atomic E-state index is -0.160. The van der Waals surface area contributed by atoms with E-state index in [0.29, 0.717) is 17.3 Å². The van der Waals surface area contributed by atoms with Gasteiger partial charge in [-0.2, -0.15) is 0 Å². The maximum absolute atomic E-state index is 10.3. The van der Waals surface area contributed by atoms with Crippen molar-refractivity contribution in [3.8, 4) is 5.75 Å². The molecule has 2 nitrogen and oxygen atoms in total. The van der Waals surface area contributed by atoms with Crippen LogP contribution in [0.15, 0.2) is 18.2 Å². The molecule has 0 amide bonds. The minimum absolute atomic E-state index is 0.160. The second kappa shape index (κ2) is 5.76. The molecular weight excluding hydrogens is 296 g/mol. The zero-order chi connectivity index (χ0) is 17.1. The Morgan fingerprint density at radius 1 is 1.25 bits per heavy atom. The van der Waals surface area contributed by atoms with Gasteiger partial charge in [-0.3, -0.25) is 0 Å². The van der Waals surface area contributed by atoms with Gasteiger partial charge in [-0.05, 0) is 97.3 Å². The number of rotatable bonds is 2. The Morgan fingerprint density at radius 2 is 2.04 bits per heavy atom. The molecule has 1 aromatic rings. The van der Waals surface area contributed by atoms with E-state index in [1.54, 1.807) is 12.7 Å². The third kappa shape index (κ3) is 2.25. The minimum Gasteiger partial charge on any atom is -0.497 e. The summed E-state index contributed by atoms with van der Waals surface area (Å²) in [6.45, 7) is 6.95. The van der Waals surface area contributed by atoms with Crippen LogP contribution in [0, 0.1) is 29.1 Å². The summed E-state index contributed by atoms with van der Waals surface area (Å²) < 4.78 is 5.45. The van der Waals surface area contributed by atoms with Crippen LogP contribution in [-0.2, 0) is 6.42 Å². The quantitative estimate of drug-likeness (QED) is 0.845. The van der Waals surface area contributed by atoms with E-state index >= 15 is 0 Å². The molecule has 0 heterocycles. The van der Waals surface area contributed by atoms with Crippen LogP contribution in [0.2, 0.25) is 0 Å². The van der Waals surface area contributed by atoms with E-state index in [2.05, 4.69) is 32.0 Å². The van der Waals surface area contributed by atoms with Gasteiger partial charge in [0.25, 0.3) is 0 Å². The molecule has 3 aliphatic rings. The largest absolute Gasteiger partial charge is 0.497 e. The summed E-state index contributed by atoms with van der Waals surface area (Å²) in [6, 6.07) is 6.75. The highest BCUT2D eigenvalue weighted by Gasteiger charge is 2.56. The highest BCUT2D eigenvalue weighted by molar-refractivity contribution is 5.41. The van der Waals surface area contributed by atoms with Gasteiger partial charge >= 0.3 is 0 Å². The summed E-state index contributed by atoms with van der Waals surface area (Å²) in [6.07, 6.45) is 6.09. The van der Waals surface area contributed by atoms with Crippen LogP contribution in [0.3, 0.4) is 0 Å². The zero-order valence-electron chi connectivity index (χ0n) is 15.6. The highest BCUT2D eigenvalue weighted by atomic mass is 16.5. The fraction of sp³-hybridized carbons (Fsp3) is 0.727. The van der Waals surface area contributed by atoms with Crippen LogP contribution >= 0.6 is 0 Å². The van der Waals surface area contributed by atoms with Crippen molar-refractivity contribution in [1.82, 2.24) is 0 Å². The molecule has 0 bridgehead atoms. The number of methoxy groups -OCH3 is 1. The molecule has 0 aliphatic heterocycles. The fourth-order valence-electron chi connectivity index (χ4n) is 6.91. The van der Waals surface area contributed by atoms with Crippen LogP contribution in [-0.4, -0.2) is 18.3 Å². The Bertz CT molecular complexity index is 622. The Labute approximate surface area is 146 Å². The zero-order valence-corrected chi connectivity index (χ0v) is 15.6. The van der Waals surface area contributed by atoms with Crippen molar-refractivity contribution in [2.24, 2.45) is 29.1 Å². The van der Waals surface area contributed by atoms with Crippen LogP contribution in [0.25, 0.3) is 0 Å². The first-order valence-electron chi connectivity index (χ1n) is 9.80. The number of hydrogen-bond donors (Lipinski definition) is 1. The van der Waals surface area contributed by atoms with Crippen molar-refractivity contribution in [2.75, 3.05) is 7.11 Å². The number of benzene rings is 1. The molecule has 0 aromatic heterocycles. The molecule has 24 heavy (non-hydrogen) atoms. The number of aliphatic hydroxyl groups is 1. The van der Waals surface area contributed by atoms with E-state index in [4.69, 9.17) is 4.74 Å². The van der Waals surface area contributed by atoms with Crippen molar-refractivity contribution in [3.63, 3.8) is 0 Å². The number of hydrogen-bond acceptors (Lipinski definition) is 2. The smallest absolute Gasteiger partial charge is 0.119 e. The average Bonchev–Trinajstić information content (AvgIpc) is 2.91. The van der Waals surface area contributed by atoms with Gasteiger partial charge in [0.05, 0.1) is 13.2 Å². The van der Waals surface area contributed by atoms with Gasteiger partial charge in [0.2, 0.25) is 0 Å². The molecule has 3 aliphatic carbocycles. The first-order chi connectivity index (χ1) is 11.5. The third-order valence-electron chi connectivity index (χ3n) is 7.94. The summed E-state index contributed by atoms with van der Waals surface area (Å²) in [5.41, 5.74) is 3.44. The van der Waals surface area contributed by atoms with E-state index in [1.807, 2.05) is 6.92 Å². The molecule has 132 valence electrons. The van der Waals surface area contributed by atoms with Gasteiger partial charge in [-0.1, -0.05) is 19.9 Å². The highest BCUT2D eigenvalue weighted by Crippen LogP contribution is 2.64. The SMILES string of the molecule is COc1ccc2c(c1)C[C@@H](C)[C@@H]1[C@@H]2CC[C@@]2(C)[C@@H]1CC[C@H]2[C@H](C)O. The Balaban J connectivity index is 1.70. The lowest BCUT2D eigenvalue weighted by Crippen LogP contribution is -2.46. The van der Waals surface area contributed by atoms with E-state index in [0.717, 1.165) is 23.5 Å². The molecule has 1 aromatic carbocycles. The fourth-order valence-corrected chi connectivity index (χ4v) is 6.91. The van der Waals surface area contributed by atoms with E-state index in [9.17, 15) is 5.11 Å². The maximum atomic E-state index is 10.3.